The number of carbonyl (C=O) groups excluding carboxylic acids is 2. The average molecular weight is 461 g/mol. The van der Waals surface area contributed by atoms with Crippen molar-refractivity contribution in [1.29, 1.82) is 0 Å². The molecule has 7 nitrogen and oxygen atoms in total. The van der Waals surface area contributed by atoms with Gasteiger partial charge in [0.15, 0.2) is 5.75 Å². The Morgan fingerprint density at radius 1 is 0.962 bits per heavy atom. The van der Waals surface area contributed by atoms with Crippen LogP contribution in [0.1, 0.15) is 20.7 Å². The van der Waals surface area contributed by atoms with Crippen LogP contribution in [0.25, 0.3) is 10.9 Å². The van der Waals surface area contributed by atoms with Gasteiger partial charge >= 0.3 is 0 Å². The average Bonchev–Trinajstić information content (AvgIpc) is 2.89. The molecule has 0 spiro atoms. The molecule has 0 radical (unpaired) electrons. The van der Waals surface area contributed by atoms with Gasteiger partial charge in [-0.15, -0.1) is 0 Å². The molecule has 2 aromatic carbocycles. The van der Waals surface area contributed by atoms with Crippen molar-refractivity contribution in [2.45, 2.75) is 6.54 Å². The van der Waals surface area contributed by atoms with Gasteiger partial charge < -0.3 is 5.11 Å². The van der Waals surface area contributed by atoms with E-state index in [0.29, 0.717) is 14.7 Å². The summed E-state index contributed by atoms with van der Waals surface area (Å²) in [6, 6.07) is 9.88. The van der Waals surface area contributed by atoms with Crippen molar-refractivity contribution in [3.63, 3.8) is 0 Å². The predicted octanol–water partition coefficient (Wildman–Crippen LogP) is 2.00. The van der Waals surface area contributed by atoms with Crippen LogP contribution in [0, 0.1) is 3.57 Å². The Hall–Kier alpha value is -2.75. The zero-order valence-electron chi connectivity index (χ0n) is 13.3. The molecular weight excluding hydrogens is 449 g/mol. The maximum absolute atomic E-state index is 12.6. The van der Waals surface area contributed by atoms with E-state index in [1.54, 1.807) is 36.4 Å². The van der Waals surface area contributed by atoms with Crippen LogP contribution in [0.4, 0.5) is 0 Å². The lowest BCUT2D eigenvalue weighted by atomic mass is 10.1. The van der Waals surface area contributed by atoms with Gasteiger partial charge in [0.1, 0.15) is 5.52 Å². The minimum atomic E-state index is -0.361. The van der Waals surface area contributed by atoms with E-state index >= 15 is 0 Å². The first-order valence-corrected chi connectivity index (χ1v) is 8.89. The first-order chi connectivity index (χ1) is 12.5. The number of rotatable bonds is 3. The van der Waals surface area contributed by atoms with Gasteiger partial charge in [-0.25, -0.2) is 4.98 Å². The molecule has 0 atom stereocenters. The fourth-order valence-electron chi connectivity index (χ4n) is 3.00. The fraction of sp³-hybridized carbons (Fsp3) is 0.111. The van der Waals surface area contributed by atoms with Crippen molar-refractivity contribution in [1.82, 2.24) is 14.5 Å². The number of hydrogen-bond donors (Lipinski definition) is 1. The second-order valence-corrected chi connectivity index (χ2v) is 7.00. The second kappa shape index (κ2) is 6.20. The highest BCUT2D eigenvalue weighted by atomic mass is 127. The summed E-state index contributed by atoms with van der Waals surface area (Å²) < 4.78 is 1.93. The predicted molar refractivity (Wildman–Crippen MR) is 102 cm³/mol. The minimum absolute atomic E-state index is 0.0345. The molecule has 26 heavy (non-hydrogen) atoms. The highest BCUT2D eigenvalue weighted by Gasteiger charge is 2.34. The molecule has 1 aliphatic rings. The van der Waals surface area contributed by atoms with Gasteiger partial charge in [0.25, 0.3) is 17.4 Å². The standard InChI is InChI=1S/C18H12IN3O4/c19-13-6-5-12-14(15(13)23)20-9-21(16(12)24)7-8-22-17(25)10-3-1-2-4-11(10)18(22)26/h1-6,9,23H,7-8H2. The normalized spacial score (nSPS) is 13.5. The number of phenolic OH excluding ortho intramolecular Hbond substituents is 1. The third-order valence-corrected chi connectivity index (χ3v) is 5.23. The zero-order chi connectivity index (χ0) is 18.4. The fourth-order valence-corrected chi connectivity index (χ4v) is 3.44. The van der Waals surface area contributed by atoms with E-state index < -0.39 is 0 Å². The van der Waals surface area contributed by atoms with Crippen LogP contribution >= 0.6 is 22.6 Å². The summed E-state index contributed by atoms with van der Waals surface area (Å²) in [5, 5.41) is 10.3. The number of amides is 2. The maximum atomic E-state index is 12.6. The number of aromatic nitrogens is 2. The Morgan fingerprint density at radius 3 is 2.27 bits per heavy atom. The summed E-state index contributed by atoms with van der Waals surface area (Å²) in [5.74, 6) is -0.758. The van der Waals surface area contributed by atoms with E-state index in [1.165, 1.54) is 10.9 Å². The topological polar surface area (TPSA) is 92.5 Å². The first-order valence-electron chi connectivity index (χ1n) is 7.81. The summed E-state index contributed by atoms with van der Waals surface area (Å²) in [6.07, 6.45) is 1.32. The van der Waals surface area contributed by atoms with Crippen molar-refractivity contribution in [2.24, 2.45) is 0 Å². The van der Waals surface area contributed by atoms with Gasteiger partial charge in [-0.3, -0.25) is 23.9 Å². The molecule has 2 amide bonds. The third kappa shape index (κ3) is 2.48. The van der Waals surface area contributed by atoms with E-state index in [1.807, 2.05) is 22.6 Å². The molecule has 1 N–H and O–H groups in total. The monoisotopic (exact) mass is 461 g/mol. The Morgan fingerprint density at radius 2 is 1.62 bits per heavy atom. The summed E-state index contributed by atoms with van der Waals surface area (Å²) in [4.78, 5) is 42.6. The molecule has 1 aliphatic heterocycles. The summed E-state index contributed by atoms with van der Waals surface area (Å²) in [6.45, 7) is 0.190. The van der Waals surface area contributed by atoms with Crippen molar-refractivity contribution in [3.05, 3.63) is 67.8 Å². The number of imide groups is 1. The number of aromatic hydroxyl groups is 1. The summed E-state index contributed by atoms with van der Waals surface area (Å²) in [7, 11) is 0. The van der Waals surface area contributed by atoms with Gasteiger partial charge in [0.05, 0.1) is 26.4 Å². The van der Waals surface area contributed by atoms with E-state index in [0.717, 1.165) is 4.90 Å². The lowest BCUT2D eigenvalue weighted by Gasteiger charge is -2.15. The molecule has 4 rings (SSSR count). The smallest absolute Gasteiger partial charge is 0.261 e. The molecule has 3 aromatic rings. The van der Waals surface area contributed by atoms with Crippen molar-refractivity contribution in [3.8, 4) is 5.75 Å². The number of nitrogens with zero attached hydrogens (tertiary/aromatic N) is 3. The molecule has 0 unspecified atom stereocenters. The second-order valence-electron chi connectivity index (χ2n) is 5.84. The van der Waals surface area contributed by atoms with Crippen molar-refractivity contribution >= 4 is 45.3 Å². The van der Waals surface area contributed by atoms with Crippen molar-refractivity contribution < 1.29 is 14.7 Å². The number of phenols is 1. The minimum Gasteiger partial charge on any atom is -0.505 e. The van der Waals surface area contributed by atoms with E-state index in [4.69, 9.17) is 0 Å². The van der Waals surface area contributed by atoms with Gasteiger partial charge in [-0.05, 0) is 46.9 Å². The van der Waals surface area contributed by atoms with Crippen LogP contribution < -0.4 is 5.56 Å². The summed E-state index contributed by atoms with van der Waals surface area (Å²) in [5.41, 5.74) is 0.652. The molecule has 0 aliphatic carbocycles. The Bertz CT molecular complexity index is 1100. The number of carbonyl (C=O) groups is 2. The molecule has 0 fully saturated rings. The molecule has 8 heteroatoms. The van der Waals surface area contributed by atoms with E-state index in [-0.39, 0.29) is 47.1 Å². The quantitative estimate of drug-likeness (QED) is 0.476. The van der Waals surface area contributed by atoms with Crippen LogP contribution in [0.3, 0.4) is 0 Å². The number of halogens is 1. The van der Waals surface area contributed by atoms with Crippen LogP contribution in [-0.4, -0.2) is 37.9 Å². The molecule has 2 heterocycles. The lowest BCUT2D eigenvalue weighted by Crippen LogP contribution is -2.35. The highest BCUT2D eigenvalue weighted by molar-refractivity contribution is 14.1. The molecule has 130 valence electrons. The molecule has 0 saturated heterocycles. The van der Waals surface area contributed by atoms with Gasteiger partial charge in [0, 0.05) is 13.1 Å². The highest BCUT2D eigenvalue weighted by Crippen LogP contribution is 2.26. The van der Waals surface area contributed by atoms with Crippen LogP contribution in [0.15, 0.2) is 47.5 Å². The Kier molecular flexibility index (Phi) is 3.98. The Labute approximate surface area is 161 Å². The third-order valence-electron chi connectivity index (χ3n) is 4.36. The molecule has 1 aromatic heterocycles. The molecule has 0 bridgehead atoms. The Balaban J connectivity index is 1.63. The number of benzene rings is 2. The van der Waals surface area contributed by atoms with Gasteiger partial charge in [-0.2, -0.15) is 0 Å². The first kappa shape index (κ1) is 16.7. The number of hydrogen-bond acceptors (Lipinski definition) is 5. The zero-order valence-corrected chi connectivity index (χ0v) is 15.5. The molecular formula is C18H12IN3O4. The van der Waals surface area contributed by atoms with Gasteiger partial charge in [-0.1, -0.05) is 12.1 Å². The van der Waals surface area contributed by atoms with Crippen LogP contribution in [-0.2, 0) is 6.54 Å². The number of fused-ring (bicyclic) bond motifs is 2. The SMILES string of the molecule is O=C1c2ccccc2C(=O)N1CCn1cnc2c(O)c(I)ccc2c1=O. The largest absolute Gasteiger partial charge is 0.505 e. The maximum Gasteiger partial charge on any atom is 0.261 e. The van der Waals surface area contributed by atoms with Gasteiger partial charge in [0.2, 0.25) is 0 Å². The van der Waals surface area contributed by atoms with Crippen LogP contribution in [0.2, 0.25) is 0 Å². The van der Waals surface area contributed by atoms with Crippen LogP contribution in [0.5, 0.6) is 5.75 Å². The van der Waals surface area contributed by atoms with E-state index in [9.17, 15) is 19.5 Å². The lowest BCUT2D eigenvalue weighted by molar-refractivity contribution is 0.0648. The molecule has 0 saturated carbocycles. The van der Waals surface area contributed by atoms with E-state index in [2.05, 4.69) is 4.98 Å². The summed E-state index contributed by atoms with van der Waals surface area (Å²) >= 11 is 1.96. The van der Waals surface area contributed by atoms with Crippen molar-refractivity contribution in [2.75, 3.05) is 6.54 Å².